The van der Waals surface area contributed by atoms with Crippen LogP contribution in [0.1, 0.15) is 17.3 Å². The van der Waals surface area contributed by atoms with Crippen LogP contribution in [0.5, 0.6) is 0 Å². The molecule has 3 heteroatoms. The Balaban J connectivity index is 1.68. The molecular weight excluding hydrogens is 310 g/mol. The second-order valence-electron chi connectivity index (χ2n) is 5.96. The van der Waals surface area contributed by atoms with Gasteiger partial charge in [-0.2, -0.15) is 0 Å². The first-order valence-corrected chi connectivity index (χ1v) is 8.17. The van der Waals surface area contributed by atoms with E-state index in [4.69, 9.17) is 4.42 Å². The summed E-state index contributed by atoms with van der Waals surface area (Å²) in [5, 5.41) is 5.44. The third-order valence-electron chi connectivity index (χ3n) is 4.14. The predicted molar refractivity (Wildman–Crippen MR) is 102 cm³/mol. The first-order chi connectivity index (χ1) is 12.2. The molecule has 3 aromatic carbocycles. The lowest BCUT2D eigenvalue weighted by Crippen LogP contribution is -2.01. The Morgan fingerprint density at radius 2 is 1.60 bits per heavy atom. The number of hydrogen-bond donors (Lipinski definition) is 1. The van der Waals surface area contributed by atoms with Gasteiger partial charge < -0.3 is 9.73 Å². The number of rotatable bonds is 4. The van der Waals surface area contributed by atoms with Crippen molar-refractivity contribution in [1.82, 2.24) is 0 Å². The van der Waals surface area contributed by atoms with E-state index in [1.165, 1.54) is 0 Å². The van der Waals surface area contributed by atoms with Gasteiger partial charge in [0.1, 0.15) is 5.58 Å². The highest BCUT2D eigenvalue weighted by molar-refractivity contribution is 6.09. The molecule has 0 aliphatic rings. The predicted octanol–water partition coefficient (Wildman–Crippen LogP) is 5.78. The van der Waals surface area contributed by atoms with Crippen LogP contribution in [0.25, 0.3) is 21.9 Å². The Labute approximate surface area is 145 Å². The van der Waals surface area contributed by atoms with E-state index in [1.54, 1.807) is 6.08 Å². The quantitative estimate of drug-likeness (QED) is 0.381. The van der Waals surface area contributed by atoms with Crippen LogP contribution in [0.4, 0.5) is 5.69 Å². The van der Waals surface area contributed by atoms with Crippen molar-refractivity contribution in [2.45, 2.75) is 6.92 Å². The number of para-hydroxylation sites is 2. The van der Waals surface area contributed by atoms with Crippen LogP contribution in [-0.4, -0.2) is 5.78 Å². The van der Waals surface area contributed by atoms with Gasteiger partial charge in [0.25, 0.3) is 0 Å². The Morgan fingerprint density at radius 1 is 0.880 bits per heavy atom. The van der Waals surface area contributed by atoms with Crippen LogP contribution < -0.4 is 5.32 Å². The van der Waals surface area contributed by atoms with Gasteiger partial charge in [-0.3, -0.25) is 4.79 Å². The molecule has 0 amide bonds. The van der Waals surface area contributed by atoms with Crippen LogP contribution in [0.15, 0.2) is 89.0 Å². The minimum Gasteiger partial charge on any atom is -0.454 e. The molecule has 0 saturated carbocycles. The van der Waals surface area contributed by atoms with Crippen molar-refractivity contribution in [3.63, 3.8) is 0 Å². The third-order valence-corrected chi connectivity index (χ3v) is 4.14. The molecule has 0 radical (unpaired) electrons. The number of carbonyl (C=O) groups is 1. The molecule has 4 aromatic rings. The molecule has 0 aliphatic carbocycles. The van der Waals surface area contributed by atoms with Gasteiger partial charge in [0.05, 0.1) is 5.69 Å². The molecule has 4 rings (SSSR count). The van der Waals surface area contributed by atoms with E-state index < -0.39 is 0 Å². The number of hydrogen-bond acceptors (Lipinski definition) is 3. The summed E-state index contributed by atoms with van der Waals surface area (Å²) in [7, 11) is 0. The monoisotopic (exact) mass is 327 g/mol. The van der Waals surface area contributed by atoms with Gasteiger partial charge in [0.15, 0.2) is 11.4 Å². The smallest absolute Gasteiger partial charge is 0.187 e. The fourth-order valence-corrected chi connectivity index (χ4v) is 2.98. The average Bonchev–Trinajstić information content (AvgIpc) is 3.02. The molecule has 1 N–H and O–H groups in total. The van der Waals surface area contributed by atoms with Crippen molar-refractivity contribution in [2.24, 2.45) is 0 Å². The Kier molecular flexibility index (Phi) is 3.82. The van der Waals surface area contributed by atoms with Crippen molar-refractivity contribution in [3.8, 4) is 0 Å². The van der Waals surface area contributed by atoms with Crippen LogP contribution in [-0.2, 0) is 0 Å². The van der Waals surface area contributed by atoms with E-state index >= 15 is 0 Å². The molecule has 0 atom stereocenters. The number of allylic oxidation sites excluding steroid dienone is 2. The highest BCUT2D eigenvalue weighted by Gasteiger charge is 2.10. The SMILES string of the molecule is C/C(=C/C(=O)c1ccccc1)Nc1cccc2c1oc1ccccc12. The second kappa shape index (κ2) is 6.29. The summed E-state index contributed by atoms with van der Waals surface area (Å²) in [5.41, 5.74) is 3.94. The molecule has 1 heterocycles. The Morgan fingerprint density at radius 3 is 2.44 bits per heavy atom. The first-order valence-electron chi connectivity index (χ1n) is 8.17. The van der Waals surface area contributed by atoms with Crippen molar-refractivity contribution >= 4 is 33.4 Å². The number of anilines is 1. The van der Waals surface area contributed by atoms with Crippen LogP contribution in [0.2, 0.25) is 0 Å². The number of nitrogens with one attached hydrogen (secondary N) is 1. The van der Waals surface area contributed by atoms with Gasteiger partial charge >= 0.3 is 0 Å². The second-order valence-corrected chi connectivity index (χ2v) is 5.96. The van der Waals surface area contributed by atoms with Crippen LogP contribution >= 0.6 is 0 Å². The summed E-state index contributed by atoms with van der Waals surface area (Å²) in [6.45, 7) is 1.88. The highest BCUT2D eigenvalue weighted by Crippen LogP contribution is 2.33. The number of carbonyl (C=O) groups excluding carboxylic acids is 1. The summed E-state index contributed by atoms with van der Waals surface area (Å²) >= 11 is 0. The zero-order valence-corrected chi connectivity index (χ0v) is 13.8. The molecule has 122 valence electrons. The standard InChI is InChI=1S/C22H17NO2/c1-15(14-20(24)16-8-3-2-4-9-16)23-19-12-7-11-18-17-10-5-6-13-21(17)25-22(18)19/h2-14,23H,1H3/b15-14-. The fourth-order valence-electron chi connectivity index (χ4n) is 2.98. The normalized spacial score (nSPS) is 11.8. The minimum atomic E-state index is -0.0256. The zero-order chi connectivity index (χ0) is 17.2. The Hall–Kier alpha value is -3.33. The van der Waals surface area contributed by atoms with E-state index in [9.17, 15) is 4.79 Å². The lowest BCUT2D eigenvalue weighted by molar-refractivity contribution is 0.104. The molecule has 0 aliphatic heterocycles. The molecule has 25 heavy (non-hydrogen) atoms. The molecular formula is C22H17NO2. The molecule has 0 unspecified atom stereocenters. The molecule has 0 saturated heterocycles. The summed E-state index contributed by atoms with van der Waals surface area (Å²) in [6.07, 6.45) is 1.61. The van der Waals surface area contributed by atoms with Crippen LogP contribution in [0, 0.1) is 0 Å². The maximum absolute atomic E-state index is 12.3. The third kappa shape index (κ3) is 2.92. The highest BCUT2D eigenvalue weighted by atomic mass is 16.3. The van der Waals surface area contributed by atoms with Gasteiger partial charge in [-0.25, -0.2) is 0 Å². The molecule has 0 bridgehead atoms. The number of furan rings is 1. The maximum atomic E-state index is 12.3. The van der Waals surface area contributed by atoms with E-state index in [-0.39, 0.29) is 5.78 Å². The number of benzene rings is 3. The first kappa shape index (κ1) is 15.2. The zero-order valence-electron chi connectivity index (χ0n) is 13.8. The van der Waals surface area contributed by atoms with E-state index in [0.29, 0.717) is 5.56 Å². The molecule has 0 fully saturated rings. The molecule has 3 nitrogen and oxygen atoms in total. The van der Waals surface area contributed by atoms with Crippen molar-refractivity contribution in [2.75, 3.05) is 5.32 Å². The number of ketones is 1. The summed E-state index contributed by atoms with van der Waals surface area (Å²) < 4.78 is 6.00. The van der Waals surface area contributed by atoms with Gasteiger partial charge in [0.2, 0.25) is 0 Å². The van der Waals surface area contributed by atoms with Gasteiger partial charge in [-0.15, -0.1) is 0 Å². The van der Waals surface area contributed by atoms with Crippen molar-refractivity contribution in [1.29, 1.82) is 0 Å². The summed E-state index contributed by atoms with van der Waals surface area (Å²) in [6, 6.07) is 23.2. The van der Waals surface area contributed by atoms with Gasteiger partial charge in [0, 0.05) is 28.1 Å². The van der Waals surface area contributed by atoms with Gasteiger partial charge in [-0.05, 0) is 19.1 Å². The molecule has 1 aromatic heterocycles. The maximum Gasteiger partial charge on any atom is 0.187 e. The Bertz CT molecular complexity index is 1090. The lowest BCUT2D eigenvalue weighted by atomic mass is 10.1. The molecule has 0 spiro atoms. The van der Waals surface area contributed by atoms with E-state index in [0.717, 1.165) is 33.3 Å². The largest absolute Gasteiger partial charge is 0.454 e. The van der Waals surface area contributed by atoms with Gasteiger partial charge in [-0.1, -0.05) is 60.7 Å². The number of fused-ring (bicyclic) bond motifs is 3. The van der Waals surface area contributed by atoms with E-state index in [1.807, 2.05) is 79.7 Å². The van der Waals surface area contributed by atoms with Crippen LogP contribution in [0.3, 0.4) is 0 Å². The average molecular weight is 327 g/mol. The minimum absolute atomic E-state index is 0.0256. The van der Waals surface area contributed by atoms with Crippen molar-refractivity contribution < 1.29 is 9.21 Å². The summed E-state index contributed by atoms with van der Waals surface area (Å²) in [4.78, 5) is 12.3. The van der Waals surface area contributed by atoms with E-state index in [2.05, 4.69) is 5.32 Å². The summed E-state index contributed by atoms with van der Waals surface area (Å²) in [5.74, 6) is -0.0256. The lowest BCUT2D eigenvalue weighted by Gasteiger charge is -2.07. The topological polar surface area (TPSA) is 42.2 Å². The fraction of sp³-hybridized carbons (Fsp3) is 0.0455. The van der Waals surface area contributed by atoms with Crippen molar-refractivity contribution in [3.05, 3.63) is 90.1 Å².